The average molecular weight is 240 g/mol. The molecule has 4 nitrogen and oxygen atoms in total. The number of rotatable bonds is 3. The normalized spacial score (nSPS) is 22.5. The number of carbonyl (C=O) groups is 1. The summed E-state index contributed by atoms with van der Waals surface area (Å²) in [7, 11) is 0. The third kappa shape index (κ3) is 2.99. The van der Waals surface area contributed by atoms with Gasteiger partial charge in [0, 0.05) is 5.92 Å². The number of carbonyl (C=O) groups excluding carboxylic acids is 1. The Morgan fingerprint density at radius 2 is 1.82 bits per heavy atom. The largest absolute Gasteiger partial charge is 0.411 e. The van der Waals surface area contributed by atoms with E-state index >= 15 is 0 Å². The molecule has 0 spiro atoms. The van der Waals surface area contributed by atoms with Gasteiger partial charge in [-0.2, -0.15) is 0 Å². The van der Waals surface area contributed by atoms with Crippen molar-refractivity contribution < 1.29 is 10.0 Å². The number of primary amides is 1. The maximum Gasteiger partial charge on any atom is 0.228 e. The molecular formula is C13H24N2O2. The minimum Gasteiger partial charge on any atom is -0.411 e. The summed E-state index contributed by atoms with van der Waals surface area (Å²) >= 11 is 0. The van der Waals surface area contributed by atoms with Crippen LogP contribution in [0.5, 0.6) is 0 Å². The van der Waals surface area contributed by atoms with Gasteiger partial charge in [0.25, 0.3) is 0 Å². The number of oxime groups is 1. The fourth-order valence-corrected chi connectivity index (χ4v) is 2.52. The van der Waals surface area contributed by atoms with Gasteiger partial charge in [0.2, 0.25) is 5.91 Å². The summed E-state index contributed by atoms with van der Waals surface area (Å²) in [5, 5.41) is 12.5. The van der Waals surface area contributed by atoms with E-state index in [9.17, 15) is 10.0 Å². The van der Waals surface area contributed by atoms with Crippen LogP contribution < -0.4 is 5.73 Å². The van der Waals surface area contributed by atoms with Gasteiger partial charge in [0.05, 0.1) is 11.1 Å². The van der Waals surface area contributed by atoms with Gasteiger partial charge < -0.3 is 10.9 Å². The molecule has 0 aromatic rings. The molecule has 0 aromatic carbocycles. The second-order valence-electron chi connectivity index (χ2n) is 6.41. The van der Waals surface area contributed by atoms with E-state index in [1.54, 1.807) is 13.8 Å². The van der Waals surface area contributed by atoms with Crippen molar-refractivity contribution in [3.05, 3.63) is 0 Å². The molecule has 0 unspecified atom stereocenters. The average Bonchev–Trinajstić information content (AvgIpc) is 2.21. The van der Waals surface area contributed by atoms with Crippen LogP contribution in [0.2, 0.25) is 0 Å². The second-order valence-corrected chi connectivity index (χ2v) is 6.41. The molecule has 1 rings (SSSR count). The van der Waals surface area contributed by atoms with Crippen LogP contribution in [0.3, 0.4) is 0 Å². The molecule has 0 bridgehead atoms. The molecule has 0 aromatic heterocycles. The molecule has 98 valence electrons. The van der Waals surface area contributed by atoms with E-state index < -0.39 is 11.3 Å². The van der Waals surface area contributed by atoms with E-state index in [1.165, 1.54) is 0 Å². The van der Waals surface area contributed by atoms with Gasteiger partial charge in [-0.05, 0) is 44.9 Å². The maximum absolute atomic E-state index is 11.4. The fourth-order valence-electron chi connectivity index (χ4n) is 2.52. The summed E-state index contributed by atoms with van der Waals surface area (Å²) in [5.41, 5.74) is 5.41. The summed E-state index contributed by atoms with van der Waals surface area (Å²) in [5.74, 6) is -0.259. The Balaban J connectivity index is 2.82. The number of amides is 1. The summed E-state index contributed by atoms with van der Waals surface area (Å²) in [6.45, 7) is 7.95. The molecule has 3 N–H and O–H groups in total. The van der Waals surface area contributed by atoms with Gasteiger partial charge in [0.1, 0.15) is 0 Å². The lowest BCUT2D eigenvalue weighted by atomic mass is 9.67. The Hall–Kier alpha value is -1.06. The summed E-state index contributed by atoms with van der Waals surface area (Å²) < 4.78 is 0. The van der Waals surface area contributed by atoms with Crippen LogP contribution in [-0.4, -0.2) is 16.8 Å². The predicted octanol–water partition coefficient (Wildman–Crippen LogP) is 2.54. The molecule has 0 radical (unpaired) electrons. The minimum absolute atomic E-state index is 0.176. The highest BCUT2D eigenvalue weighted by atomic mass is 16.4. The summed E-state index contributed by atoms with van der Waals surface area (Å²) in [6, 6.07) is 0. The van der Waals surface area contributed by atoms with Crippen molar-refractivity contribution in [1.29, 1.82) is 0 Å². The van der Waals surface area contributed by atoms with E-state index in [2.05, 4.69) is 19.0 Å². The molecule has 0 aliphatic heterocycles. The molecule has 0 saturated heterocycles. The Bertz CT molecular complexity index is 322. The zero-order chi connectivity index (χ0) is 13.3. The molecule has 17 heavy (non-hydrogen) atoms. The number of hydrogen-bond donors (Lipinski definition) is 2. The van der Waals surface area contributed by atoms with Crippen molar-refractivity contribution in [2.75, 3.05) is 0 Å². The van der Waals surface area contributed by atoms with Crippen LogP contribution in [0.15, 0.2) is 5.16 Å². The molecular weight excluding hydrogens is 216 g/mol. The zero-order valence-electron chi connectivity index (χ0n) is 11.3. The topological polar surface area (TPSA) is 75.7 Å². The first-order valence-electron chi connectivity index (χ1n) is 6.23. The highest BCUT2D eigenvalue weighted by Crippen LogP contribution is 2.41. The monoisotopic (exact) mass is 240 g/mol. The Morgan fingerprint density at radius 1 is 1.35 bits per heavy atom. The quantitative estimate of drug-likeness (QED) is 0.452. The predicted molar refractivity (Wildman–Crippen MR) is 67.9 cm³/mol. The van der Waals surface area contributed by atoms with Crippen molar-refractivity contribution >= 4 is 11.6 Å². The van der Waals surface area contributed by atoms with Crippen LogP contribution in [-0.2, 0) is 4.79 Å². The first-order chi connectivity index (χ1) is 7.70. The number of nitrogens with zero attached hydrogens (tertiary/aromatic N) is 1. The first kappa shape index (κ1) is 14.0. The van der Waals surface area contributed by atoms with Crippen LogP contribution in [0, 0.1) is 16.7 Å². The zero-order valence-corrected chi connectivity index (χ0v) is 11.3. The van der Waals surface area contributed by atoms with Gasteiger partial charge in [-0.3, -0.25) is 4.79 Å². The van der Waals surface area contributed by atoms with Crippen molar-refractivity contribution in [2.24, 2.45) is 27.6 Å². The van der Waals surface area contributed by atoms with Crippen molar-refractivity contribution in [3.8, 4) is 0 Å². The van der Waals surface area contributed by atoms with E-state index in [0.717, 1.165) is 25.7 Å². The Morgan fingerprint density at radius 3 is 2.18 bits per heavy atom. The van der Waals surface area contributed by atoms with Crippen molar-refractivity contribution in [3.63, 3.8) is 0 Å². The van der Waals surface area contributed by atoms with Gasteiger partial charge >= 0.3 is 0 Å². The molecule has 4 heteroatoms. The molecule has 1 aliphatic carbocycles. The lowest BCUT2D eigenvalue weighted by Gasteiger charge is -2.37. The summed E-state index contributed by atoms with van der Waals surface area (Å²) in [4.78, 5) is 11.4. The maximum atomic E-state index is 11.4. The molecule has 0 heterocycles. The molecule has 1 fully saturated rings. The third-order valence-electron chi connectivity index (χ3n) is 4.09. The van der Waals surface area contributed by atoms with Crippen molar-refractivity contribution in [1.82, 2.24) is 0 Å². The third-order valence-corrected chi connectivity index (χ3v) is 4.09. The van der Waals surface area contributed by atoms with E-state index in [1.807, 2.05) is 0 Å². The van der Waals surface area contributed by atoms with Crippen LogP contribution in [0.1, 0.15) is 53.4 Å². The second kappa shape index (κ2) is 4.67. The van der Waals surface area contributed by atoms with Crippen molar-refractivity contribution in [2.45, 2.75) is 53.4 Å². The van der Waals surface area contributed by atoms with E-state index in [0.29, 0.717) is 11.1 Å². The lowest BCUT2D eigenvalue weighted by molar-refractivity contribution is -0.123. The van der Waals surface area contributed by atoms with Crippen LogP contribution in [0.4, 0.5) is 0 Å². The highest BCUT2D eigenvalue weighted by Gasteiger charge is 2.39. The molecule has 1 saturated carbocycles. The molecule has 1 amide bonds. The number of hydrogen-bond acceptors (Lipinski definition) is 3. The molecule has 0 atom stereocenters. The van der Waals surface area contributed by atoms with E-state index in [4.69, 9.17) is 5.73 Å². The highest BCUT2D eigenvalue weighted by molar-refractivity contribution is 6.08. The molecule has 1 aliphatic rings. The first-order valence-corrected chi connectivity index (χ1v) is 6.23. The van der Waals surface area contributed by atoms with E-state index in [-0.39, 0.29) is 5.92 Å². The SMILES string of the molecule is CC1(C)CCC(C(=NO)C(C)(C)C(N)=O)CC1. The summed E-state index contributed by atoms with van der Waals surface area (Å²) in [6.07, 6.45) is 4.10. The Kier molecular flexibility index (Phi) is 3.84. The fraction of sp³-hybridized carbons (Fsp3) is 0.846. The van der Waals surface area contributed by atoms with Gasteiger partial charge in [0.15, 0.2) is 0 Å². The van der Waals surface area contributed by atoms with Crippen LogP contribution in [0.25, 0.3) is 0 Å². The van der Waals surface area contributed by atoms with Gasteiger partial charge in [-0.25, -0.2) is 0 Å². The number of nitrogens with two attached hydrogens (primary N) is 1. The standard InChI is InChI=1S/C13H24N2O2/c1-12(2)7-5-9(6-8-12)10(15-17)13(3,4)11(14)16/h9,17H,5-8H2,1-4H3,(H2,14,16). The van der Waals surface area contributed by atoms with Gasteiger partial charge in [-0.15, -0.1) is 0 Å². The smallest absolute Gasteiger partial charge is 0.228 e. The van der Waals surface area contributed by atoms with Gasteiger partial charge in [-0.1, -0.05) is 19.0 Å². The lowest BCUT2D eigenvalue weighted by Crippen LogP contribution is -2.43. The Labute approximate surface area is 103 Å². The van der Waals surface area contributed by atoms with Crippen LogP contribution >= 0.6 is 0 Å². The minimum atomic E-state index is -0.860.